The molecule has 2 heterocycles. The Labute approximate surface area is 119 Å². The van der Waals surface area contributed by atoms with E-state index < -0.39 is 0 Å². The molecule has 0 N–H and O–H groups in total. The standard InChI is InChI=1S/C17H17N3/c1-13-4-7-15(8-5-13)16-3-2-10-20(16)17-9-6-14(11-18)12-19-17/h4-9,12,16H,2-3,10H2,1H3/t16-/m0/s1. The van der Waals surface area contributed by atoms with E-state index in [-0.39, 0.29) is 0 Å². The summed E-state index contributed by atoms with van der Waals surface area (Å²) in [4.78, 5) is 6.77. The molecule has 1 aromatic heterocycles. The van der Waals surface area contributed by atoms with Gasteiger partial charge in [-0.1, -0.05) is 29.8 Å². The fourth-order valence-electron chi connectivity index (χ4n) is 2.80. The summed E-state index contributed by atoms with van der Waals surface area (Å²) in [5.41, 5.74) is 3.24. The van der Waals surface area contributed by atoms with Gasteiger partial charge in [-0.15, -0.1) is 0 Å². The third-order valence-corrected chi connectivity index (χ3v) is 3.89. The van der Waals surface area contributed by atoms with Gasteiger partial charge in [-0.2, -0.15) is 5.26 Å². The highest BCUT2D eigenvalue weighted by molar-refractivity contribution is 5.46. The smallest absolute Gasteiger partial charge is 0.129 e. The minimum atomic E-state index is 0.399. The Bertz CT molecular complexity index is 623. The molecule has 0 unspecified atom stereocenters. The number of benzene rings is 1. The maximum atomic E-state index is 8.85. The molecule has 0 aliphatic carbocycles. The lowest BCUT2D eigenvalue weighted by atomic mass is 10.0. The number of aryl methyl sites for hydroxylation is 1. The van der Waals surface area contributed by atoms with Crippen LogP contribution in [0.3, 0.4) is 0 Å². The minimum Gasteiger partial charge on any atom is -0.350 e. The van der Waals surface area contributed by atoms with Gasteiger partial charge < -0.3 is 4.90 Å². The lowest BCUT2D eigenvalue weighted by Crippen LogP contribution is -2.23. The van der Waals surface area contributed by atoms with Crippen molar-refractivity contribution in [2.24, 2.45) is 0 Å². The Morgan fingerprint density at radius 3 is 2.65 bits per heavy atom. The number of nitrogens with zero attached hydrogens (tertiary/aromatic N) is 3. The van der Waals surface area contributed by atoms with Gasteiger partial charge >= 0.3 is 0 Å². The summed E-state index contributed by atoms with van der Waals surface area (Å²) in [6, 6.07) is 15.1. The lowest BCUT2D eigenvalue weighted by molar-refractivity contribution is 0.711. The van der Waals surface area contributed by atoms with Crippen molar-refractivity contribution >= 4 is 5.82 Å². The van der Waals surface area contributed by atoms with Crippen molar-refractivity contribution in [3.63, 3.8) is 0 Å². The molecule has 1 atom stereocenters. The van der Waals surface area contributed by atoms with E-state index >= 15 is 0 Å². The third-order valence-electron chi connectivity index (χ3n) is 3.89. The molecule has 0 amide bonds. The number of nitriles is 1. The van der Waals surface area contributed by atoms with Crippen LogP contribution in [-0.2, 0) is 0 Å². The van der Waals surface area contributed by atoms with E-state index in [1.165, 1.54) is 17.5 Å². The molecule has 0 saturated carbocycles. The molecule has 3 nitrogen and oxygen atoms in total. The second-order valence-electron chi connectivity index (χ2n) is 5.28. The monoisotopic (exact) mass is 263 g/mol. The van der Waals surface area contributed by atoms with E-state index in [4.69, 9.17) is 5.26 Å². The fraction of sp³-hybridized carbons (Fsp3) is 0.294. The average Bonchev–Trinajstić information content (AvgIpc) is 2.97. The minimum absolute atomic E-state index is 0.399. The summed E-state index contributed by atoms with van der Waals surface area (Å²) >= 11 is 0. The van der Waals surface area contributed by atoms with E-state index in [0.717, 1.165) is 18.8 Å². The zero-order valence-electron chi connectivity index (χ0n) is 11.6. The van der Waals surface area contributed by atoms with Crippen LogP contribution < -0.4 is 4.90 Å². The molecule has 2 aromatic rings. The summed E-state index contributed by atoms with van der Waals surface area (Å²) < 4.78 is 0. The Balaban J connectivity index is 1.88. The number of rotatable bonds is 2. The molecule has 0 bridgehead atoms. The summed E-state index contributed by atoms with van der Waals surface area (Å²) in [7, 11) is 0. The number of hydrogen-bond acceptors (Lipinski definition) is 3. The molecule has 0 radical (unpaired) electrons. The predicted octanol–water partition coefficient (Wildman–Crippen LogP) is 3.60. The highest BCUT2D eigenvalue weighted by Gasteiger charge is 2.26. The third kappa shape index (κ3) is 2.37. The molecule has 1 aromatic carbocycles. The summed E-state index contributed by atoms with van der Waals surface area (Å²) in [6.45, 7) is 3.13. The van der Waals surface area contributed by atoms with Crippen LogP contribution in [-0.4, -0.2) is 11.5 Å². The molecule has 20 heavy (non-hydrogen) atoms. The van der Waals surface area contributed by atoms with Crippen LogP contribution in [0.4, 0.5) is 5.82 Å². The highest BCUT2D eigenvalue weighted by atomic mass is 15.2. The quantitative estimate of drug-likeness (QED) is 0.831. The zero-order chi connectivity index (χ0) is 13.9. The molecular formula is C17H17N3. The van der Waals surface area contributed by atoms with E-state index in [0.29, 0.717) is 11.6 Å². The largest absolute Gasteiger partial charge is 0.350 e. The Kier molecular flexibility index (Phi) is 3.39. The van der Waals surface area contributed by atoms with E-state index in [1.54, 1.807) is 6.20 Å². The van der Waals surface area contributed by atoms with Crippen molar-refractivity contribution in [3.05, 3.63) is 59.3 Å². The summed E-state index contributed by atoms with van der Waals surface area (Å²) in [5, 5.41) is 8.85. The molecule has 0 spiro atoms. The molecule has 1 fully saturated rings. The van der Waals surface area contributed by atoms with Gasteiger partial charge in [0.05, 0.1) is 11.6 Å². The number of pyridine rings is 1. The average molecular weight is 263 g/mol. The van der Waals surface area contributed by atoms with Gasteiger partial charge in [-0.25, -0.2) is 4.98 Å². The van der Waals surface area contributed by atoms with Crippen LogP contribution in [0, 0.1) is 18.3 Å². The van der Waals surface area contributed by atoms with Gasteiger partial charge in [0.1, 0.15) is 11.9 Å². The van der Waals surface area contributed by atoms with E-state index in [2.05, 4.69) is 47.1 Å². The van der Waals surface area contributed by atoms with Crippen LogP contribution in [0.25, 0.3) is 0 Å². The number of anilines is 1. The lowest BCUT2D eigenvalue weighted by Gasteiger charge is -2.26. The second kappa shape index (κ2) is 5.34. The predicted molar refractivity (Wildman–Crippen MR) is 79.5 cm³/mol. The van der Waals surface area contributed by atoms with Gasteiger partial charge in [-0.05, 0) is 37.5 Å². The molecule has 1 aliphatic heterocycles. The highest BCUT2D eigenvalue weighted by Crippen LogP contribution is 2.35. The first-order valence-corrected chi connectivity index (χ1v) is 6.97. The van der Waals surface area contributed by atoms with Crippen LogP contribution in [0.5, 0.6) is 0 Å². The van der Waals surface area contributed by atoms with Crippen molar-refractivity contribution < 1.29 is 0 Å². The Hall–Kier alpha value is -2.34. The molecular weight excluding hydrogens is 246 g/mol. The summed E-state index contributed by atoms with van der Waals surface area (Å²) in [6.07, 6.45) is 3.99. The van der Waals surface area contributed by atoms with Crippen LogP contribution in [0.15, 0.2) is 42.6 Å². The molecule has 3 heteroatoms. The van der Waals surface area contributed by atoms with Crippen molar-refractivity contribution in [1.29, 1.82) is 5.26 Å². The van der Waals surface area contributed by atoms with Crippen LogP contribution >= 0.6 is 0 Å². The first-order chi connectivity index (χ1) is 9.78. The van der Waals surface area contributed by atoms with Gasteiger partial charge in [0, 0.05) is 12.7 Å². The fourth-order valence-corrected chi connectivity index (χ4v) is 2.80. The van der Waals surface area contributed by atoms with E-state index in [1.807, 2.05) is 12.1 Å². The molecule has 100 valence electrons. The normalized spacial score (nSPS) is 18.0. The van der Waals surface area contributed by atoms with Crippen molar-refractivity contribution in [2.75, 3.05) is 11.4 Å². The topological polar surface area (TPSA) is 39.9 Å². The second-order valence-corrected chi connectivity index (χ2v) is 5.28. The Morgan fingerprint density at radius 1 is 1.20 bits per heavy atom. The van der Waals surface area contributed by atoms with Gasteiger partial charge in [-0.3, -0.25) is 0 Å². The first kappa shape index (κ1) is 12.7. The van der Waals surface area contributed by atoms with E-state index in [9.17, 15) is 0 Å². The maximum absolute atomic E-state index is 8.85. The van der Waals surface area contributed by atoms with Gasteiger partial charge in [0.25, 0.3) is 0 Å². The van der Waals surface area contributed by atoms with Crippen LogP contribution in [0.2, 0.25) is 0 Å². The molecule has 1 aliphatic rings. The van der Waals surface area contributed by atoms with Gasteiger partial charge in [0.15, 0.2) is 0 Å². The van der Waals surface area contributed by atoms with Crippen molar-refractivity contribution in [1.82, 2.24) is 4.98 Å². The van der Waals surface area contributed by atoms with Crippen molar-refractivity contribution in [2.45, 2.75) is 25.8 Å². The Morgan fingerprint density at radius 2 is 2.00 bits per heavy atom. The molecule has 3 rings (SSSR count). The summed E-state index contributed by atoms with van der Waals surface area (Å²) in [5.74, 6) is 0.965. The number of aromatic nitrogens is 1. The van der Waals surface area contributed by atoms with Crippen LogP contribution in [0.1, 0.15) is 35.6 Å². The first-order valence-electron chi connectivity index (χ1n) is 6.97. The molecule has 1 saturated heterocycles. The van der Waals surface area contributed by atoms with Gasteiger partial charge in [0.2, 0.25) is 0 Å². The van der Waals surface area contributed by atoms with Crippen molar-refractivity contribution in [3.8, 4) is 6.07 Å². The number of hydrogen-bond donors (Lipinski definition) is 0. The maximum Gasteiger partial charge on any atom is 0.129 e. The SMILES string of the molecule is Cc1ccc([C@@H]2CCCN2c2ccc(C#N)cn2)cc1. The zero-order valence-corrected chi connectivity index (χ0v) is 11.6.